The van der Waals surface area contributed by atoms with Crippen molar-refractivity contribution in [3.8, 4) is 11.3 Å². The van der Waals surface area contributed by atoms with Gasteiger partial charge in [-0.3, -0.25) is 4.79 Å². The second-order valence-electron chi connectivity index (χ2n) is 9.86. The van der Waals surface area contributed by atoms with Crippen molar-refractivity contribution in [3.63, 3.8) is 0 Å². The summed E-state index contributed by atoms with van der Waals surface area (Å²) in [6.07, 6.45) is 8.39. The van der Waals surface area contributed by atoms with E-state index in [1.807, 2.05) is 24.3 Å². The molecule has 3 rings (SSSR count). The average Bonchev–Trinajstić information content (AvgIpc) is 2.88. The molecule has 0 spiro atoms. The maximum Gasteiger partial charge on any atom is 0.252 e. The molecule has 0 aliphatic rings. The summed E-state index contributed by atoms with van der Waals surface area (Å²) < 4.78 is 0.942. The zero-order valence-corrected chi connectivity index (χ0v) is 24.0. The molecule has 0 saturated heterocycles. The van der Waals surface area contributed by atoms with Crippen LogP contribution < -0.4 is 5.32 Å². The van der Waals surface area contributed by atoms with E-state index in [-0.39, 0.29) is 11.9 Å². The number of aromatic nitrogens is 1. The van der Waals surface area contributed by atoms with E-state index in [4.69, 9.17) is 4.98 Å². The summed E-state index contributed by atoms with van der Waals surface area (Å²) in [4.78, 5) is 21.0. The van der Waals surface area contributed by atoms with Crippen LogP contribution in [0.2, 0.25) is 0 Å². The van der Waals surface area contributed by atoms with Crippen LogP contribution in [-0.4, -0.2) is 41.5 Å². The third kappa shape index (κ3) is 8.14. The van der Waals surface area contributed by atoms with Gasteiger partial charge in [0.15, 0.2) is 0 Å². The summed E-state index contributed by atoms with van der Waals surface area (Å²) in [6, 6.07) is 16.4. The number of nitrogens with zero attached hydrogens (tertiary/aromatic N) is 2. The molecule has 2 aromatic carbocycles. The Morgan fingerprint density at radius 1 is 0.944 bits per heavy atom. The number of aryl methyl sites for hydroxylation is 1. The largest absolute Gasteiger partial charge is 0.348 e. The number of unbranched alkanes of at least 4 members (excludes halogenated alkanes) is 4. The van der Waals surface area contributed by atoms with E-state index in [9.17, 15) is 4.79 Å². The lowest BCUT2D eigenvalue weighted by molar-refractivity contribution is 0.0930. The SMILES string of the molecule is CCCCCN(CCCCC)C[C@H](C)NC(=O)c1cc(-c2ccc(CC)cc2)nc2ccc(Br)cc12. The first-order valence-corrected chi connectivity index (χ1v) is 14.5. The van der Waals surface area contributed by atoms with Crippen LogP contribution in [0, 0.1) is 0 Å². The van der Waals surface area contributed by atoms with Crippen LogP contribution in [0.15, 0.2) is 53.0 Å². The third-order valence-electron chi connectivity index (χ3n) is 6.74. The molecule has 1 heterocycles. The summed E-state index contributed by atoms with van der Waals surface area (Å²) in [7, 11) is 0. The number of carbonyl (C=O) groups is 1. The van der Waals surface area contributed by atoms with Crippen molar-refractivity contribution in [3.05, 3.63) is 64.1 Å². The smallest absolute Gasteiger partial charge is 0.252 e. The highest BCUT2D eigenvalue weighted by Gasteiger charge is 2.18. The third-order valence-corrected chi connectivity index (χ3v) is 7.23. The molecule has 0 unspecified atom stereocenters. The Bertz CT molecular complexity index is 1100. The minimum Gasteiger partial charge on any atom is -0.348 e. The van der Waals surface area contributed by atoms with Gasteiger partial charge in [-0.1, -0.05) is 86.6 Å². The monoisotopic (exact) mass is 551 g/mol. The van der Waals surface area contributed by atoms with Gasteiger partial charge in [0.25, 0.3) is 5.91 Å². The highest BCUT2D eigenvalue weighted by atomic mass is 79.9. The molecule has 0 saturated carbocycles. The average molecular weight is 553 g/mol. The number of pyridine rings is 1. The topological polar surface area (TPSA) is 45.2 Å². The molecule has 36 heavy (non-hydrogen) atoms. The lowest BCUT2D eigenvalue weighted by atomic mass is 10.0. The molecular weight excluding hydrogens is 510 g/mol. The van der Waals surface area contributed by atoms with E-state index < -0.39 is 0 Å². The van der Waals surface area contributed by atoms with Crippen molar-refractivity contribution in [2.24, 2.45) is 0 Å². The molecule has 0 radical (unpaired) electrons. The van der Waals surface area contributed by atoms with Crippen LogP contribution in [0.4, 0.5) is 0 Å². The molecule has 0 aliphatic heterocycles. The van der Waals surface area contributed by atoms with E-state index in [1.165, 1.54) is 44.1 Å². The molecule has 0 fully saturated rings. The van der Waals surface area contributed by atoms with Crippen LogP contribution >= 0.6 is 15.9 Å². The maximum atomic E-state index is 13.6. The highest BCUT2D eigenvalue weighted by Crippen LogP contribution is 2.27. The fourth-order valence-electron chi connectivity index (χ4n) is 4.64. The first kappa shape index (κ1) is 28.3. The molecule has 0 bridgehead atoms. The summed E-state index contributed by atoms with van der Waals surface area (Å²) in [5.74, 6) is -0.0403. The van der Waals surface area contributed by atoms with E-state index in [0.29, 0.717) is 5.56 Å². The minimum absolute atomic E-state index is 0.0403. The number of hydrogen-bond acceptors (Lipinski definition) is 3. The van der Waals surface area contributed by atoms with Gasteiger partial charge in [0.2, 0.25) is 0 Å². The van der Waals surface area contributed by atoms with Crippen LogP contribution in [0.5, 0.6) is 0 Å². The number of carbonyl (C=O) groups excluding carboxylic acids is 1. The van der Waals surface area contributed by atoms with Gasteiger partial charge < -0.3 is 10.2 Å². The van der Waals surface area contributed by atoms with Gasteiger partial charge in [0.05, 0.1) is 16.8 Å². The molecule has 0 aliphatic carbocycles. The van der Waals surface area contributed by atoms with Crippen LogP contribution in [0.1, 0.15) is 82.1 Å². The highest BCUT2D eigenvalue weighted by molar-refractivity contribution is 9.10. The molecule has 1 atom stereocenters. The molecular formula is C31H42BrN3O. The second-order valence-corrected chi connectivity index (χ2v) is 10.8. The Hall–Kier alpha value is -2.24. The fourth-order valence-corrected chi connectivity index (χ4v) is 5.01. The van der Waals surface area contributed by atoms with Crippen molar-refractivity contribution in [2.45, 2.75) is 78.7 Å². The first-order chi connectivity index (χ1) is 17.4. The molecule has 194 valence electrons. The quantitative estimate of drug-likeness (QED) is 0.206. The molecule has 1 amide bonds. The summed E-state index contributed by atoms with van der Waals surface area (Å²) in [5.41, 5.74) is 4.64. The van der Waals surface area contributed by atoms with Gasteiger partial charge >= 0.3 is 0 Å². The lowest BCUT2D eigenvalue weighted by Crippen LogP contribution is -2.42. The van der Waals surface area contributed by atoms with Gasteiger partial charge in [-0.05, 0) is 69.1 Å². The van der Waals surface area contributed by atoms with E-state index in [0.717, 1.165) is 52.7 Å². The van der Waals surface area contributed by atoms with Crippen molar-refractivity contribution >= 4 is 32.7 Å². The van der Waals surface area contributed by atoms with Gasteiger partial charge in [-0.2, -0.15) is 0 Å². The Morgan fingerprint density at radius 3 is 2.22 bits per heavy atom. The van der Waals surface area contributed by atoms with Crippen molar-refractivity contribution in [2.75, 3.05) is 19.6 Å². The standard InChI is InChI=1S/C31H42BrN3O/c1-5-8-10-18-35(19-11-9-6-2)22-23(4)33-31(36)28-21-30(25-14-12-24(7-3)13-15-25)34-29-17-16-26(32)20-27(28)29/h12-17,20-21,23H,5-11,18-19,22H2,1-4H3,(H,33,36)/t23-/m0/s1. The van der Waals surface area contributed by atoms with Gasteiger partial charge in [0.1, 0.15) is 0 Å². The number of nitrogens with one attached hydrogen (secondary N) is 1. The Labute approximate surface area is 226 Å². The fraction of sp³-hybridized carbons (Fsp3) is 0.484. The maximum absolute atomic E-state index is 13.6. The molecule has 4 nitrogen and oxygen atoms in total. The summed E-state index contributed by atoms with van der Waals surface area (Å²) in [5, 5.41) is 4.16. The second kappa shape index (κ2) is 14.5. The Morgan fingerprint density at radius 2 is 1.61 bits per heavy atom. The van der Waals surface area contributed by atoms with Crippen molar-refractivity contribution < 1.29 is 4.79 Å². The number of halogens is 1. The Balaban J connectivity index is 1.82. The Kier molecular flexibility index (Phi) is 11.4. The van der Waals surface area contributed by atoms with Crippen LogP contribution in [-0.2, 0) is 6.42 Å². The molecule has 1 aromatic heterocycles. The van der Waals surface area contributed by atoms with Gasteiger partial charge in [-0.15, -0.1) is 0 Å². The van der Waals surface area contributed by atoms with E-state index in [1.54, 1.807) is 0 Å². The van der Waals surface area contributed by atoms with Crippen molar-refractivity contribution in [1.29, 1.82) is 0 Å². The predicted molar refractivity (Wildman–Crippen MR) is 157 cm³/mol. The zero-order valence-electron chi connectivity index (χ0n) is 22.4. The number of hydrogen-bond donors (Lipinski definition) is 1. The predicted octanol–water partition coefficient (Wildman–Crippen LogP) is 8.03. The summed E-state index contributed by atoms with van der Waals surface area (Å²) >= 11 is 3.57. The number of fused-ring (bicyclic) bond motifs is 1. The summed E-state index contributed by atoms with van der Waals surface area (Å²) in [6.45, 7) is 11.8. The molecule has 5 heteroatoms. The number of rotatable bonds is 14. The van der Waals surface area contributed by atoms with Gasteiger partial charge in [0, 0.05) is 28.0 Å². The van der Waals surface area contributed by atoms with Crippen molar-refractivity contribution in [1.82, 2.24) is 15.2 Å². The first-order valence-electron chi connectivity index (χ1n) is 13.7. The lowest BCUT2D eigenvalue weighted by Gasteiger charge is -2.26. The molecule has 1 N–H and O–H groups in total. The normalized spacial score (nSPS) is 12.3. The molecule has 3 aromatic rings. The van der Waals surface area contributed by atoms with Gasteiger partial charge in [-0.25, -0.2) is 4.98 Å². The number of benzene rings is 2. The minimum atomic E-state index is -0.0403. The van der Waals surface area contributed by atoms with Crippen LogP contribution in [0.25, 0.3) is 22.2 Å². The van der Waals surface area contributed by atoms with E-state index >= 15 is 0 Å². The van der Waals surface area contributed by atoms with E-state index in [2.05, 4.69) is 78.1 Å². The number of amides is 1. The van der Waals surface area contributed by atoms with Crippen LogP contribution in [0.3, 0.4) is 0 Å². The zero-order chi connectivity index (χ0) is 25.9.